The first-order chi connectivity index (χ1) is 9.35. The lowest BCUT2D eigenvalue weighted by Crippen LogP contribution is -2.35. The minimum Gasteiger partial charge on any atom is -0.367 e. The van der Waals surface area contributed by atoms with Crippen molar-refractivity contribution in [3.05, 3.63) is 5.82 Å². The van der Waals surface area contributed by atoms with Gasteiger partial charge in [-0.3, -0.25) is 0 Å². The zero-order valence-electron chi connectivity index (χ0n) is 13.3. The van der Waals surface area contributed by atoms with E-state index in [0.717, 1.165) is 36.3 Å². The lowest BCUT2D eigenvalue weighted by Gasteiger charge is -2.36. The van der Waals surface area contributed by atoms with Gasteiger partial charge in [0.25, 0.3) is 0 Å². The van der Waals surface area contributed by atoms with Gasteiger partial charge in [-0.2, -0.15) is 4.37 Å². The molecule has 1 aliphatic carbocycles. The predicted molar refractivity (Wildman–Crippen MR) is 84.2 cm³/mol. The number of hydrogen-bond donors (Lipinski definition) is 1. The molecule has 0 aliphatic heterocycles. The molecule has 1 aromatic rings. The molecule has 1 aliphatic rings. The molecule has 1 heterocycles. The summed E-state index contributed by atoms with van der Waals surface area (Å²) >= 11 is 1.44. The van der Waals surface area contributed by atoms with Crippen molar-refractivity contribution in [3.63, 3.8) is 0 Å². The van der Waals surface area contributed by atoms with Crippen LogP contribution in [-0.4, -0.2) is 21.5 Å². The van der Waals surface area contributed by atoms with Gasteiger partial charge in [-0.15, -0.1) is 0 Å². The fourth-order valence-corrected chi connectivity index (χ4v) is 3.58. The van der Waals surface area contributed by atoms with Gasteiger partial charge in [-0.25, -0.2) is 4.98 Å². The molecule has 1 aromatic heterocycles. The Hall–Kier alpha value is -0.680. The molecule has 0 unspecified atom stereocenters. The van der Waals surface area contributed by atoms with Gasteiger partial charge in [-0.1, -0.05) is 6.92 Å². The molecule has 20 heavy (non-hydrogen) atoms. The Labute approximate surface area is 126 Å². The second-order valence-corrected chi connectivity index (χ2v) is 7.66. The van der Waals surface area contributed by atoms with E-state index in [1.54, 1.807) is 0 Å². The van der Waals surface area contributed by atoms with Gasteiger partial charge in [0.05, 0.1) is 0 Å². The number of rotatable bonds is 4. The minimum absolute atomic E-state index is 0.0106. The van der Waals surface area contributed by atoms with E-state index in [-0.39, 0.29) is 11.1 Å². The van der Waals surface area contributed by atoms with Crippen LogP contribution in [0.1, 0.15) is 66.1 Å². The Morgan fingerprint density at radius 2 is 2.00 bits per heavy atom. The van der Waals surface area contributed by atoms with Gasteiger partial charge in [0.2, 0.25) is 5.13 Å². The highest BCUT2D eigenvalue weighted by atomic mass is 32.1. The Morgan fingerprint density at radius 3 is 2.55 bits per heavy atom. The average molecular weight is 297 g/mol. The van der Waals surface area contributed by atoms with Crippen molar-refractivity contribution < 1.29 is 4.74 Å². The summed E-state index contributed by atoms with van der Waals surface area (Å²) < 4.78 is 10.7. The Balaban J connectivity index is 2.18. The maximum atomic E-state index is 6.10. The summed E-state index contributed by atoms with van der Waals surface area (Å²) in [4.78, 5) is 4.71. The SMILES string of the molecule is CCOC1(c2nsc(NC(C)(C)C)n2)CCC(C)CC1. The standard InChI is InChI=1S/C15H27N3OS/c1-6-19-15(9-7-11(2)8-10-15)12-16-13(20-18-12)17-14(3,4)5/h11H,6-10H2,1-5H3,(H,16,17,18). The molecule has 0 radical (unpaired) electrons. The molecule has 2 rings (SSSR count). The summed E-state index contributed by atoms with van der Waals surface area (Å²) in [7, 11) is 0. The highest BCUT2D eigenvalue weighted by Gasteiger charge is 2.40. The summed E-state index contributed by atoms with van der Waals surface area (Å²) in [5.74, 6) is 1.66. The smallest absolute Gasteiger partial charge is 0.203 e. The van der Waals surface area contributed by atoms with Crippen LogP contribution in [-0.2, 0) is 10.3 Å². The van der Waals surface area contributed by atoms with Crippen molar-refractivity contribution in [2.75, 3.05) is 11.9 Å². The number of aromatic nitrogens is 2. The molecule has 4 nitrogen and oxygen atoms in total. The van der Waals surface area contributed by atoms with Crippen LogP contribution in [0.15, 0.2) is 0 Å². The number of anilines is 1. The molecule has 0 spiro atoms. The van der Waals surface area contributed by atoms with E-state index in [9.17, 15) is 0 Å². The van der Waals surface area contributed by atoms with E-state index in [4.69, 9.17) is 9.72 Å². The lowest BCUT2D eigenvalue weighted by molar-refractivity contribution is -0.0829. The fourth-order valence-electron chi connectivity index (χ4n) is 2.72. The summed E-state index contributed by atoms with van der Waals surface area (Å²) in [5.41, 5.74) is -0.244. The average Bonchev–Trinajstić information content (AvgIpc) is 2.79. The first-order valence-electron chi connectivity index (χ1n) is 7.61. The number of ether oxygens (including phenoxy) is 1. The Bertz CT molecular complexity index is 431. The van der Waals surface area contributed by atoms with Gasteiger partial charge >= 0.3 is 0 Å². The van der Waals surface area contributed by atoms with Crippen LogP contribution in [0.2, 0.25) is 0 Å². The molecule has 0 atom stereocenters. The molecule has 0 saturated heterocycles. The molecule has 5 heteroatoms. The van der Waals surface area contributed by atoms with Gasteiger partial charge < -0.3 is 10.1 Å². The second-order valence-electron chi connectivity index (χ2n) is 6.91. The Kier molecular flexibility index (Phi) is 4.69. The fraction of sp³-hybridized carbons (Fsp3) is 0.867. The van der Waals surface area contributed by atoms with Crippen molar-refractivity contribution in [1.82, 2.24) is 9.36 Å². The first-order valence-corrected chi connectivity index (χ1v) is 8.38. The monoisotopic (exact) mass is 297 g/mol. The van der Waals surface area contributed by atoms with E-state index in [2.05, 4.69) is 44.3 Å². The molecule has 0 bridgehead atoms. The molecule has 114 valence electrons. The Morgan fingerprint density at radius 1 is 1.35 bits per heavy atom. The van der Waals surface area contributed by atoms with E-state index in [1.165, 1.54) is 24.4 Å². The topological polar surface area (TPSA) is 47.0 Å². The van der Waals surface area contributed by atoms with Gasteiger partial charge in [0, 0.05) is 23.7 Å². The van der Waals surface area contributed by atoms with Crippen molar-refractivity contribution in [2.45, 2.75) is 71.4 Å². The summed E-state index contributed by atoms with van der Waals surface area (Å²) in [6.45, 7) is 11.5. The molecule has 0 aromatic carbocycles. The molecule has 1 fully saturated rings. The lowest BCUT2D eigenvalue weighted by atomic mass is 9.79. The number of nitrogens with one attached hydrogen (secondary N) is 1. The van der Waals surface area contributed by atoms with Crippen molar-refractivity contribution in [3.8, 4) is 0 Å². The van der Waals surface area contributed by atoms with Gasteiger partial charge in [0.15, 0.2) is 5.82 Å². The minimum atomic E-state index is -0.254. The third-order valence-corrected chi connectivity index (χ3v) is 4.45. The highest BCUT2D eigenvalue weighted by molar-refractivity contribution is 7.09. The molecule has 1 saturated carbocycles. The van der Waals surface area contributed by atoms with Crippen LogP contribution in [0.5, 0.6) is 0 Å². The largest absolute Gasteiger partial charge is 0.367 e. The van der Waals surface area contributed by atoms with Crippen LogP contribution >= 0.6 is 11.5 Å². The maximum Gasteiger partial charge on any atom is 0.203 e. The van der Waals surface area contributed by atoms with E-state index in [0.29, 0.717) is 0 Å². The molecular weight excluding hydrogens is 270 g/mol. The number of nitrogens with zero attached hydrogens (tertiary/aromatic N) is 2. The summed E-state index contributed by atoms with van der Waals surface area (Å²) in [6.07, 6.45) is 4.46. The maximum absolute atomic E-state index is 6.10. The van der Waals surface area contributed by atoms with Gasteiger partial charge in [-0.05, 0) is 59.3 Å². The van der Waals surface area contributed by atoms with E-state index < -0.39 is 0 Å². The van der Waals surface area contributed by atoms with Crippen LogP contribution in [0, 0.1) is 5.92 Å². The summed E-state index contributed by atoms with van der Waals surface area (Å²) in [6, 6.07) is 0. The summed E-state index contributed by atoms with van der Waals surface area (Å²) in [5, 5.41) is 4.29. The third-order valence-electron chi connectivity index (χ3n) is 3.82. The van der Waals surface area contributed by atoms with Crippen LogP contribution in [0.4, 0.5) is 5.13 Å². The quantitative estimate of drug-likeness (QED) is 0.905. The molecular formula is C15H27N3OS. The van der Waals surface area contributed by atoms with E-state index >= 15 is 0 Å². The van der Waals surface area contributed by atoms with Crippen molar-refractivity contribution in [1.29, 1.82) is 0 Å². The van der Waals surface area contributed by atoms with Crippen molar-refractivity contribution in [2.24, 2.45) is 5.92 Å². The van der Waals surface area contributed by atoms with Crippen LogP contribution < -0.4 is 5.32 Å². The van der Waals surface area contributed by atoms with Crippen molar-refractivity contribution >= 4 is 16.7 Å². The van der Waals surface area contributed by atoms with Crippen LogP contribution in [0.3, 0.4) is 0 Å². The zero-order chi connectivity index (χ0) is 14.8. The first kappa shape index (κ1) is 15.7. The third kappa shape index (κ3) is 3.70. The van der Waals surface area contributed by atoms with E-state index in [1.807, 2.05) is 0 Å². The van der Waals surface area contributed by atoms with Gasteiger partial charge in [0.1, 0.15) is 5.60 Å². The predicted octanol–water partition coefficient (Wildman–Crippen LogP) is 4.19. The van der Waals surface area contributed by atoms with Crippen LogP contribution in [0.25, 0.3) is 0 Å². The molecule has 1 N–H and O–H groups in total. The second kappa shape index (κ2) is 5.98. The number of hydrogen-bond acceptors (Lipinski definition) is 5. The highest BCUT2D eigenvalue weighted by Crippen LogP contribution is 2.42. The normalized spacial score (nSPS) is 27.6. The molecule has 0 amide bonds. The zero-order valence-corrected chi connectivity index (χ0v) is 14.1.